The third-order valence-electron chi connectivity index (χ3n) is 2.05. The van der Waals surface area contributed by atoms with E-state index in [1.165, 1.54) is 0 Å². The zero-order chi connectivity index (χ0) is 10.6. The maximum atomic E-state index is 10.4. The predicted octanol–water partition coefficient (Wildman–Crippen LogP) is 2.05. The van der Waals surface area contributed by atoms with Crippen LogP contribution in [0.1, 0.15) is 5.56 Å². The van der Waals surface area contributed by atoms with E-state index in [1.807, 2.05) is 43.3 Å². The average molecular weight is 189 g/mol. The fourth-order valence-electron chi connectivity index (χ4n) is 1.22. The van der Waals surface area contributed by atoms with Crippen LogP contribution in [0.5, 0.6) is 0 Å². The molecule has 1 aromatic rings. The van der Waals surface area contributed by atoms with E-state index >= 15 is 0 Å². The van der Waals surface area contributed by atoms with Gasteiger partial charge in [-0.3, -0.25) is 4.79 Å². The lowest BCUT2D eigenvalue weighted by Gasteiger charge is -2.12. The van der Waals surface area contributed by atoms with Gasteiger partial charge in [-0.05, 0) is 23.3 Å². The molecule has 2 heteroatoms. The van der Waals surface area contributed by atoms with Crippen molar-refractivity contribution in [3.63, 3.8) is 0 Å². The van der Waals surface area contributed by atoms with Crippen molar-refractivity contribution in [2.75, 3.05) is 19.0 Å². The highest BCUT2D eigenvalue weighted by Crippen LogP contribution is 2.13. The van der Waals surface area contributed by atoms with Crippen molar-refractivity contribution in [1.82, 2.24) is 0 Å². The molecule has 0 fully saturated rings. The van der Waals surface area contributed by atoms with Crippen molar-refractivity contribution in [3.05, 3.63) is 42.0 Å². The number of aldehydes is 1. The Labute approximate surface area is 84.9 Å². The summed E-state index contributed by atoms with van der Waals surface area (Å²) in [5.41, 5.74) is 2.89. The van der Waals surface area contributed by atoms with Gasteiger partial charge in [0.05, 0.1) is 0 Å². The Balaban J connectivity index is 2.73. The summed E-state index contributed by atoms with van der Waals surface area (Å²) in [5.74, 6) is 0. The second-order valence-corrected chi connectivity index (χ2v) is 3.51. The van der Waals surface area contributed by atoms with Crippen LogP contribution >= 0.6 is 0 Å². The summed E-state index contributed by atoms with van der Waals surface area (Å²) >= 11 is 0. The molecule has 0 atom stereocenters. The van der Waals surface area contributed by atoms with Gasteiger partial charge in [-0.15, -0.1) is 0 Å². The van der Waals surface area contributed by atoms with Gasteiger partial charge in [0, 0.05) is 26.2 Å². The molecule has 0 aliphatic rings. The summed E-state index contributed by atoms with van der Waals surface area (Å²) in [7, 11) is 4.00. The molecule has 0 unspecified atom stereocenters. The number of allylic oxidation sites excluding steroid dienone is 1. The monoisotopic (exact) mass is 189 g/mol. The fourth-order valence-corrected chi connectivity index (χ4v) is 1.22. The number of anilines is 1. The molecule has 0 bridgehead atoms. The normalized spacial score (nSPS) is 9.57. The molecule has 2 nitrogen and oxygen atoms in total. The molecule has 0 N–H and O–H groups in total. The highest BCUT2D eigenvalue weighted by atomic mass is 16.1. The summed E-state index contributed by atoms with van der Waals surface area (Å²) < 4.78 is 0. The molecule has 0 aliphatic carbocycles. The quantitative estimate of drug-likeness (QED) is 0.533. The van der Waals surface area contributed by atoms with Crippen molar-refractivity contribution in [2.24, 2.45) is 0 Å². The van der Waals surface area contributed by atoms with Crippen molar-refractivity contribution >= 4 is 12.0 Å². The van der Waals surface area contributed by atoms with Gasteiger partial charge in [-0.2, -0.15) is 0 Å². The molecule has 1 aromatic carbocycles. The van der Waals surface area contributed by atoms with E-state index in [0.717, 1.165) is 17.5 Å². The van der Waals surface area contributed by atoms with Crippen LogP contribution in [0, 0.1) is 0 Å². The van der Waals surface area contributed by atoms with Crippen LogP contribution in [-0.4, -0.2) is 20.4 Å². The van der Waals surface area contributed by atoms with Crippen LogP contribution in [0.4, 0.5) is 5.69 Å². The number of rotatable bonds is 4. The molecule has 14 heavy (non-hydrogen) atoms. The number of carbonyl (C=O) groups excluding carboxylic acids is 1. The Hall–Kier alpha value is -1.57. The van der Waals surface area contributed by atoms with E-state index in [-0.39, 0.29) is 0 Å². The van der Waals surface area contributed by atoms with E-state index in [0.29, 0.717) is 12.0 Å². The van der Waals surface area contributed by atoms with E-state index < -0.39 is 0 Å². The molecule has 0 spiro atoms. The summed E-state index contributed by atoms with van der Waals surface area (Å²) in [6.45, 7) is 3.65. The Kier molecular flexibility index (Phi) is 3.46. The molecule has 74 valence electrons. The minimum Gasteiger partial charge on any atom is -0.378 e. The minimum atomic E-state index is 0.614. The minimum absolute atomic E-state index is 0.614. The molecular weight excluding hydrogens is 174 g/mol. The van der Waals surface area contributed by atoms with Gasteiger partial charge in [0.15, 0.2) is 0 Å². The summed E-state index contributed by atoms with van der Waals surface area (Å²) in [6.07, 6.45) is 1.44. The molecular formula is C12H15NO. The molecule has 0 aliphatic heterocycles. The van der Waals surface area contributed by atoms with Gasteiger partial charge in [0.2, 0.25) is 0 Å². The van der Waals surface area contributed by atoms with Crippen LogP contribution in [0.2, 0.25) is 0 Å². The SMILES string of the molecule is C=C(C=O)Cc1ccc(N(C)C)cc1. The van der Waals surface area contributed by atoms with Crippen LogP contribution in [0.15, 0.2) is 36.4 Å². The second-order valence-electron chi connectivity index (χ2n) is 3.51. The first kappa shape index (κ1) is 10.5. The van der Waals surface area contributed by atoms with Crippen molar-refractivity contribution < 1.29 is 4.79 Å². The van der Waals surface area contributed by atoms with Gasteiger partial charge in [0.25, 0.3) is 0 Å². The standard InChI is InChI=1S/C12H15NO/c1-10(9-14)8-11-4-6-12(7-5-11)13(2)3/h4-7,9H,1,8H2,2-3H3. The molecule has 0 aromatic heterocycles. The zero-order valence-electron chi connectivity index (χ0n) is 8.66. The third-order valence-corrected chi connectivity index (χ3v) is 2.05. The predicted molar refractivity (Wildman–Crippen MR) is 59.7 cm³/mol. The van der Waals surface area contributed by atoms with Crippen LogP contribution in [0.3, 0.4) is 0 Å². The number of hydrogen-bond acceptors (Lipinski definition) is 2. The summed E-state index contributed by atoms with van der Waals surface area (Å²) in [6, 6.07) is 8.11. The zero-order valence-corrected chi connectivity index (χ0v) is 8.66. The van der Waals surface area contributed by atoms with Gasteiger partial charge in [-0.25, -0.2) is 0 Å². The van der Waals surface area contributed by atoms with Gasteiger partial charge < -0.3 is 4.90 Å². The molecule has 0 radical (unpaired) electrons. The first-order valence-electron chi connectivity index (χ1n) is 4.52. The fraction of sp³-hybridized carbons (Fsp3) is 0.250. The van der Waals surface area contributed by atoms with Crippen LogP contribution in [0.25, 0.3) is 0 Å². The molecule has 0 saturated heterocycles. The van der Waals surface area contributed by atoms with Gasteiger partial charge in [0.1, 0.15) is 6.29 Å². The first-order valence-corrected chi connectivity index (χ1v) is 4.52. The lowest BCUT2D eigenvalue weighted by molar-refractivity contribution is -0.104. The molecule has 0 saturated carbocycles. The third kappa shape index (κ3) is 2.73. The Morgan fingerprint density at radius 2 is 1.93 bits per heavy atom. The maximum absolute atomic E-state index is 10.4. The van der Waals surface area contributed by atoms with Crippen molar-refractivity contribution in [3.8, 4) is 0 Å². The highest BCUT2D eigenvalue weighted by molar-refractivity contribution is 5.72. The Morgan fingerprint density at radius 3 is 2.36 bits per heavy atom. The number of nitrogens with zero attached hydrogens (tertiary/aromatic N) is 1. The summed E-state index contributed by atoms with van der Waals surface area (Å²) in [5, 5.41) is 0. The number of carbonyl (C=O) groups is 1. The molecule has 0 heterocycles. The topological polar surface area (TPSA) is 20.3 Å². The summed E-state index contributed by atoms with van der Waals surface area (Å²) in [4.78, 5) is 12.4. The average Bonchev–Trinajstić information content (AvgIpc) is 2.18. The van der Waals surface area contributed by atoms with Crippen LogP contribution < -0.4 is 4.90 Å². The van der Waals surface area contributed by atoms with Crippen LogP contribution in [-0.2, 0) is 11.2 Å². The number of hydrogen-bond donors (Lipinski definition) is 0. The maximum Gasteiger partial charge on any atom is 0.145 e. The van der Waals surface area contributed by atoms with E-state index in [4.69, 9.17) is 0 Å². The molecule has 1 rings (SSSR count). The largest absolute Gasteiger partial charge is 0.378 e. The Bertz CT molecular complexity index is 325. The highest BCUT2D eigenvalue weighted by Gasteiger charge is 1.97. The second kappa shape index (κ2) is 4.61. The van der Waals surface area contributed by atoms with Gasteiger partial charge >= 0.3 is 0 Å². The van der Waals surface area contributed by atoms with E-state index in [1.54, 1.807) is 0 Å². The first-order chi connectivity index (χ1) is 6.63. The smallest absolute Gasteiger partial charge is 0.145 e. The Morgan fingerprint density at radius 1 is 1.36 bits per heavy atom. The van der Waals surface area contributed by atoms with Crippen molar-refractivity contribution in [1.29, 1.82) is 0 Å². The molecule has 0 amide bonds. The lowest BCUT2D eigenvalue weighted by atomic mass is 10.1. The van der Waals surface area contributed by atoms with E-state index in [2.05, 4.69) is 6.58 Å². The van der Waals surface area contributed by atoms with E-state index in [9.17, 15) is 4.79 Å². The number of benzene rings is 1. The van der Waals surface area contributed by atoms with Crippen molar-refractivity contribution in [2.45, 2.75) is 6.42 Å². The van der Waals surface area contributed by atoms with Gasteiger partial charge in [-0.1, -0.05) is 18.7 Å². The lowest BCUT2D eigenvalue weighted by Crippen LogP contribution is -2.08.